The molecule has 1 aromatic carbocycles. The van der Waals surface area contributed by atoms with E-state index in [1.54, 1.807) is 18.2 Å². The Kier molecular flexibility index (Phi) is 4.18. The van der Waals surface area contributed by atoms with Gasteiger partial charge in [0, 0.05) is 30.3 Å². The molecule has 2 aromatic rings. The molecule has 0 spiro atoms. The molecule has 114 valence electrons. The molecule has 1 aliphatic carbocycles. The van der Waals surface area contributed by atoms with Gasteiger partial charge in [-0.15, -0.1) is 0 Å². The van der Waals surface area contributed by atoms with Crippen LogP contribution in [0.25, 0.3) is 0 Å². The molecule has 22 heavy (non-hydrogen) atoms. The Morgan fingerprint density at radius 1 is 1.09 bits per heavy atom. The molecule has 1 fully saturated rings. The maximum atomic E-state index is 11.9. The van der Waals surface area contributed by atoms with Gasteiger partial charge in [-0.25, -0.2) is 0 Å². The molecule has 0 radical (unpaired) electrons. The van der Waals surface area contributed by atoms with Gasteiger partial charge in [-0.1, -0.05) is 18.2 Å². The number of rotatable bonds is 6. The number of hydrogen-bond acceptors (Lipinski definition) is 3. The molecular formula is C16H18N4O2. The number of aromatic nitrogens is 2. The highest BCUT2D eigenvalue weighted by atomic mass is 16.2. The van der Waals surface area contributed by atoms with Crippen LogP contribution in [-0.4, -0.2) is 35.1 Å². The number of amides is 2. The summed E-state index contributed by atoms with van der Waals surface area (Å²) >= 11 is 0. The van der Waals surface area contributed by atoms with Crippen molar-refractivity contribution in [3.05, 3.63) is 53.3 Å². The largest absolute Gasteiger partial charge is 0.350 e. The van der Waals surface area contributed by atoms with E-state index in [0.29, 0.717) is 30.3 Å². The van der Waals surface area contributed by atoms with Crippen LogP contribution < -0.4 is 10.6 Å². The van der Waals surface area contributed by atoms with Crippen molar-refractivity contribution in [2.24, 2.45) is 0 Å². The van der Waals surface area contributed by atoms with Gasteiger partial charge in [-0.3, -0.25) is 14.7 Å². The van der Waals surface area contributed by atoms with Crippen molar-refractivity contribution in [1.82, 2.24) is 20.8 Å². The smallest absolute Gasteiger partial charge is 0.271 e. The first-order valence-electron chi connectivity index (χ1n) is 7.41. The Labute approximate surface area is 128 Å². The van der Waals surface area contributed by atoms with E-state index in [4.69, 9.17) is 0 Å². The maximum absolute atomic E-state index is 11.9. The Hall–Kier alpha value is -2.63. The normalized spacial score (nSPS) is 13.6. The van der Waals surface area contributed by atoms with E-state index in [1.165, 1.54) is 0 Å². The number of benzene rings is 1. The molecule has 0 aliphatic heterocycles. The van der Waals surface area contributed by atoms with Gasteiger partial charge in [0.1, 0.15) is 5.69 Å². The first-order valence-corrected chi connectivity index (χ1v) is 7.41. The number of hydrogen-bond donors (Lipinski definition) is 3. The van der Waals surface area contributed by atoms with E-state index in [-0.39, 0.29) is 11.8 Å². The molecule has 0 unspecified atom stereocenters. The minimum atomic E-state index is -0.225. The second-order valence-corrected chi connectivity index (χ2v) is 5.36. The zero-order chi connectivity index (χ0) is 15.4. The third kappa shape index (κ3) is 3.52. The lowest BCUT2D eigenvalue weighted by molar-refractivity contribution is 0.0925. The number of H-pyrrole nitrogens is 1. The van der Waals surface area contributed by atoms with Crippen molar-refractivity contribution in [3.8, 4) is 0 Å². The lowest BCUT2D eigenvalue weighted by Crippen LogP contribution is -2.34. The Balaban J connectivity index is 1.40. The van der Waals surface area contributed by atoms with Gasteiger partial charge in [-0.2, -0.15) is 5.10 Å². The quantitative estimate of drug-likeness (QED) is 0.705. The minimum Gasteiger partial charge on any atom is -0.350 e. The van der Waals surface area contributed by atoms with Crippen LogP contribution in [0.3, 0.4) is 0 Å². The molecular weight excluding hydrogens is 280 g/mol. The minimum absolute atomic E-state index is 0.148. The fourth-order valence-corrected chi connectivity index (χ4v) is 2.19. The molecule has 1 saturated carbocycles. The highest BCUT2D eigenvalue weighted by molar-refractivity contribution is 5.94. The average Bonchev–Trinajstić information content (AvgIpc) is 3.29. The molecule has 0 saturated heterocycles. The van der Waals surface area contributed by atoms with Crippen LogP contribution in [0.2, 0.25) is 0 Å². The predicted molar refractivity (Wildman–Crippen MR) is 81.7 cm³/mol. The molecule has 1 heterocycles. The molecule has 2 amide bonds. The fraction of sp³-hybridized carbons (Fsp3) is 0.312. The van der Waals surface area contributed by atoms with E-state index in [2.05, 4.69) is 20.8 Å². The summed E-state index contributed by atoms with van der Waals surface area (Å²) in [6.07, 6.45) is 2.32. The van der Waals surface area contributed by atoms with Crippen LogP contribution >= 0.6 is 0 Å². The molecule has 6 nitrogen and oxygen atoms in total. The summed E-state index contributed by atoms with van der Waals surface area (Å²) in [7, 11) is 0. The SMILES string of the molecule is O=C(NCCNC(=O)c1cc(C2CC2)[nH]n1)c1ccccc1. The number of carbonyl (C=O) groups is 2. The Bertz CT molecular complexity index is 662. The topological polar surface area (TPSA) is 86.9 Å². The van der Waals surface area contributed by atoms with Crippen molar-refractivity contribution < 1.29 is 9.59 Å². The van der Waals surface area contributed by atoms with Crippen LogP contribution in [0, 0.1) is 0 Å². The zero-order valence-electron chi connectivity index (χ0n) is 12.1. The van der Waals surface area contributed by atoms with Crippen molar-refractivity contribution in [2.75, 3.05) is 13.1 Å². The highest BCUT2D eigenvalue weighted by Crippen LogP contribution is 2.38. The van der Waals surface area contributed by atoms with Crippen LogP contribution in [0.4, 0.5) is 0 Å². The Morgan fingerprint density at radius 2 is 1.77 bits per heavy atom. The van der Waals surface area contributed by atoms with E-state index in [9.17, 15) is 9.59 Å². The standard InChI is InChI=1S/C16H18N4O2/c21-15(12-4-2-1-3-5-12)17-8-9-18-16(22)14-10-13(19-20-14)11-6-7-11/h1-5,10-11H,6-9H2,(H,17,21)(H,18,22)(H,19,20). The van der Waals surface area contributed by atoms with Crippen LogP contribution in [-0.2, 0) is 0 Å². The summed E-state index contributed by atoms with van der Waals surface area (Å²) in [5.74, 6) is 0.168. The molecule has 6 heteroatoms. The highest BCUT2D eigenvalue weighted by Gasteiger charge is 2.26. The molecule has 3 rings (SSSR count). The maximum Gasteiger partial charge on any atom is 0.271 e. The van der Waals surface area contributed by atoms with Crippen LogP contribution in [0.1, 0.15) is 45.3 Å². The van der Waals surface area contributed by atoms with Gasteiger partial charge < -0.3 is 10.6 Å². The number of nitrogens with one attached hydrogen (secondary N) is 3. The van der Waals surface area contributed by atoms with Gasteiger partial charge in [-0.05, 0) is 31.0 Å². The first kappa shape index (κ1) is 14.3. The van der Waals surface area contributed by atoms with E-state index in [0.717, 1.165) is 18.5 Å². The third-order valence-electron chi connectivity index (χ3n) is 3.58. The van der Waals surface area contributed by atoms with Crippen molar-refractivity contribution in [2.45, 2.75) is 18.8 Å². The lowest BCUT2D eigenvalue weighted by atomic mass is 10.2. The van der Waals surface area contributed by atoms with E-state index >= 15 is 0 Å². The lowest BCUT2D eigenvalue weighted by Gasteiger charge is -2.06. The summed E-state index contributed by atoms with van der Waals surface area (Å²) in [4.78, 5) is 23.7. The summed E-state index contributed by atoms with van der Waals surface area (Å²) in [5.41, 5.74) is 2.04. The first-order chi connectivity index (χ1) is 10.7. The van der Waals surface area contributed by atoms with Gasteiger partial charge in [0.05, 0.1) is 0 Å². The van der Waals surface area contributed by atoms with Crippen molar-refractivity contribution >= 4 is 11.8 Å². The van der Waals surface area contributed by atoms with Gasteiger partial charge in [0.15, 0.2) is 0 Å². The van der Waals surface area contributed by atoms with Crippen LogP contribution in [0.15, 0.2) is 36.4 Å². The van der Waals surface area contributed by atoms with Gasteiger partial charge in [0.2, 0.25) is 0 Å². The molecule has 0 atom stereocenters. The number of aromatic amines is 1. The summed E-state index contributed by atoms with van der Waals surface area (Å²) in [6.45, 7) is 0.738. The molecule has 0 bridgehead atoms. The second kappa shape index (κ2) is 6.43. The fourth-order valence-electron chi connectivity index (χ4n) is 2.19. The molecule has 3 N–H and O–H groups in total. The monoisotopic (exact) mass is 298 g/mol. The van der Waals surface area contributed by atoms with Crippen molar-refractivity contribution in [1.29, 1.82) is 0 Å². The number of carbonyl (C=O) groups excluding carboxylic acids is 2. The predicted octanol–water partition coefficient (Wildman–Crippen LogP) is 1.45. The van der Waals surface area contributed by atoms with E-state index in [1.807, 2.05) is 18.2 Å². The van der Waals surface area contributed by atoms with E-state index < -0.39 is 0 Å². The Morgan fingerprint density at radius 3 is 2.45 bits per heavy atom. The average molecular weight is 298 g/mol. The zero-order valence-corrected chi connectivity index (χ0v) is 12.1. The second-order valence-electron chi connectivity index (χ2n) is 5.36. The van der Waals surface area contributed by atoms with Gasteiger partial charge in [0.25, 0.3) is 11.8 Å². The van der Waals surface area contributed by atoms with Gasteiger partial charge >= 0.3 is 0 Å². The molecule has 1 aliphatic rings. The van der Waals surface area contributed by atoms with Crippen molar-refractivity contribution in [3.63, 3.8) is 0 Å². The third-order valence-corrected chi connectivity index (χ3v) is 3.58. The summed E-state index contributed by atoms with van der Waals surface area (Å²) in [5, 5.41) is 12.4. The van der Waals surface area contributed by atoms with Crippen LogP contribution in [0.5, 0.6) is 0 Å². The summed E-state index contributed by atoms with van der Waals surface area (Å²) in [6, 6.07) is 10.8. The number of nitrogens with zero attached hydrogens (tertiary/aromatic N) is 1. The molecule has 1 aromatic heterocycles. The summed E-state index contributed by atoms with van der Waals surface area (Å²) < 4.78 is 0.